The zero-order chi connectivity index (χ0) is 24.8. The number of aryl methyl sites for hydroxylation is 2. The number of anilines is 1. The average molecular weight is 466 g/mol. The summed E-state index contributed by atoms with van der Waals surface area (Å²) < 4.78 is 5.24. The SMILES string of the molecule is Cc1noc(C)c1-c1ccc(NC(=O)[C@H](NC[C@@H](C)c2ccc(C#N)cc2)c2ccccc2)nc1. The Bertz CT molecular complexity index is 1300. The average Bonchev–Trinajstić information content (AvgIpc) is 3.23. The maximum atomic E-state index is 13.3. The van der Waals surface area contributed by atoms with Crippen LogP contribution in [0.25, 0.3) is 11.1 Å². The maximum Gasteiger partial charge on any atom is 0.247 e. The van der Waals surface area contributed by atoms with Gasteiger partial charge >= 0.3 is 0 Å². The number of carbonyl (C=O) groups excluding carboxylic acids is 1. The molecule has 2 aromatic carbocycles. The summed E-state index contributed by atoms with van der Waals surface area (Å²) in [6.45, 7) is 6.41. The zero-order valence-electron chi connectivity index (χ0n) is 19.9. The summed E-state index contributed by atoms with van der Waals surface area (Å²) in [6.07, 6.45) is 1.71. The van der Waals surface area contributed by atoms with E-state index in [9.17, 15) is 4.79 Å². The van der Waals surface area contributed by atoms with Gasteiger partial charge in [-0.3, -0.25) is 4.79 Å². The first-order valence-corrected chi connectivity index (χ1v) is 11.4. The quantitative estimate of drug-likeness (QED) is 0.366. The number of carbonyl (C=O) groups is 1. The minimum atomic E-state index is -0.555. The van der Waals surface area contributed by atoms with Crippen molar-refractivity contribution in [2.75, 3.05) is 11.9 Å². The summed E-state index contributed by atoms with van der Waals surface area (Å²) >= 11 is 0. The first-order valence-electron chi connectivity index (χ1n) is 11.4. The van der Waals surface area contributed by atoms with Crippen molar-refractivity contribution in [3.63, 3.8) is 0 Å². The third kappa shape index (κ3) is 5.62. The Morgan fingerprint density at radius 1 is 1.03 bits per heavy atom. The van der Waals surface area contributed by atoms with Crippen LogP contribution >= 0.6 is 0 Å². The van der Waals surface area contributed by atoms with Crippen molar-refractivity contribution >= 4 is 11.7 Å². The molecule has 0 spiro atoms. The van der Waals surface area contributed by atoms with Crippen LogP contribution in [0.2, 0.25) is 0 Å². The van der Waals surface area contributed by atoms with E-state index < -0.39 is 6.04 Å². The molecule has 2 heterocycles. The molecule has 0 unspecified atom stereocenters. The molecule has 0 saturated carbocycles. The molecule has 1 amide bonds. The third-order valence-electron chi connectivity index (χ3n) is 5.97. The Morgan fingerprint density at radius 3 is 2.37 bits per heavy atom. The van der Waals surface area contributed by atoms with Crippen molar-refractivity contribution in [3.05, 3.63) is 101 Å². The summed E-state index contributed by atoms with van der Waals surface area (Å²) in [7, 11) is 0. The van der Waals surface area contributed by atoms with E-state index in [0.717, 1.165) is 33.7 Å². The molecule has 0 radical (unpaired) electrons. The lowest BCUT2D eigenvalue weighted by molar-refractivity contribution is -0.118. The minimum Gasteiger partial charge on any atom is -0.361 e. The van der Waals surface area contributed by atoms with Gasteiger partial charge < -0.3 is 15.2 Å². The third-order valence-corrected chi connectivity index (χ3v) is 5.97. The number of aromatic nitrogens is 2. The van der Waals surface area contributed by atoms with Gasteiger partial charge in [0.1, 0.15) is 17.6 Å². The van der Waals surface area contributed by atoms with Gasteiger partial charge in [-0.25, -0.2) is 4.98 Å². The molecular weight excluding hydrogens is 438 g/mol. The van der Waals surface area contributed by atoms with Crippen molar-refractivity contribution in [1.82, 2.24) is 15.5 Å². The molecule has 0 aliphatic heterocycles. The van der Waals surface area contributed by atoms with Gasteiger partial charge in [0.2, 0.25) is 5.91 Å². The van der Waals surface area contributed by atoms with Crippen molar-refractivity contribution in [1.29, 1.82) is 5.26 Å². The van der Waals surface area contributed by atoms with Crippen LogP contribution in [-0.2, 0) is 4.79 Å². The summed E-state index contributed by atoms with van der Waals surface area (Å²) in [6, 6.07) is 22.4. The van der Waals surface area contributed by atoms with Gasteiger partial charge in [0.05, 0.1) is 17.3 Å². The Balaban J connectivity index is 1.47. The standard InChI is InChI=1S/C28H27N5O2/c1-18(22-11-9-21(15-29)10-12-22)16-31-27(23-7-5-4-6-8-23)28(34)32-25-14-13-24(17-30-25)26-19(2)33-35-20(26)3/h4-14,17-18,27,31H,16H2,1-3H3,(H,30,32,34)/t18-,27-/m1/s1. The number of hydrogen-bond acceptors (Lipinski definition) is 6. The molecule has 2 aromatic heterocycles. The van der Waals surface area contributed by atoms with Gasteiger partial charge in [-0.05, 0) is 55.2 Å². The highest BCUT2D eigenvalue weighted by Gasteiger charge is 2.22. The number of pyridine rings is 1. The predicted octanol–water partition coefficient (Wildman–Crippen LogP) is 5.30. The first-order chi connectivity index (χ1) is 17.0. The maximum absolute atomic E-state index is 13.3. The molecule has 176 valence electrons. The number of hydrogen-bond donors (Lipinski definition) is 2. The smallest absolute Gasteiger partial charge is 0.247 e. The lowest BCUT2D eigenvalue weighted by Crippen LogP contribution is -2.35. The lowest BCUT2D eigenvalue weighted by Gasteiger charge is -2.21. The van der Waals surface area contributed by atoms with Gasteiger partial charge in [-0.15, -0.1) is 0 Å². The second-order valence-electron chi connectivity index (χ2n) is 8.51. The van der Waals surface area contributed by atoms with Crippen molar-refractivity contribution < 1.29 is 9.32 Å². The second kappa shape index (κ2) is 10.8. The van der Waals surface area contributed by atoms with Gasteiger partial charge in [0.15, 0.2) is 0 Å². The zero-order valence-corrected chi connectivity index (χ0v) is 19.9. The van der Waals surface area contributed by atoms with E-state index in [1.807, 2.05) is 74.5 Å². The van der Waals surface area contributed by atoms with Crippen LogP contribution in [0.4, 0.5) is 5.82 Å². The van der Waals surface area contributed by atoms with Gasteiger partial charge in [0.25, 0.3) is 0 Å². The summed E-state index contributed by atoms with van der Waals surface area (Å²) in [5.41, 5.74) is 5.18. The normalized spacial score (nSPS) is 12.5. The van der Waals surface area contributed by atoms with E-state index in [-0.39, 0.29) is 11.8 Å². The number of nitriles is 1. The van der Waals surface area contributed by atoms with Gasteiger partial charge in [-0.1, -0.05) is 54.5 Å². The molecule has 0 bridgehead atoms. The summed E-state index contributed by atoms with van der Waals surface area (Å²) in [5, 5.41) is 19.3. The minimum absolute atomic E-state index is 0.147. The number of amides is 1. The molecule has 4 aromatic rings. The van der Waals surface area contributed by atoms with Crippen molar-refractivity contribution in [2.24, 2.45) is 0 Å². The van der Waals surface area contributed by atoms with E-state index >= 15 is 0 Å². The molecule has 7 heteroatoms. The van der Waals surface area contributed by atoms with Crippen LogP contribution < -0.4 is 10.6 Å². The van der Waals surface area contributed by atoms with Crippen LogP contribution in [-0.4, -0.2) is 22.6 Å². The number of rotatable bonds is 8. The van der Waals surface area contributed by atoms with Crippen molar-refractivity contribution in [2.45, 2.75) is 32.7 Å². The topological polar surface area (TPSA) is 104 Å². The fraction of sp³-hybridized carbons (Fsp3) is 0.214. The van der Waals surface area contributed by atoms with Crippen LogP contribution in [0.5, 0.6) is 0 Å². The summed E-state index contributed by atoms with van der Waals surface area (Å²) in [5.74, 6) is 1.15. The van der Waals surface area contributed by atoms with Gasteiger partial charge in [0, 0.05) is 23.9 Å². The highest BCUT2D eigenvalue weighted by atomic mass is 16.5. The van der Waals surface area contributed by atoms with Crippen LogP contribution in [0.1, 0.15) is 47.0 Å². The fourth-order valence-corrected chi connectivity index (χ4v) is 4.02. The monoisotopic (exact) mass is 465 g/mol. The highest BCUT2D eigenvalue weighted by Crippen LogP contribution is 2.27. The Kier molecular flexibility index (Phi) is 7.34. The number of nitrogens with zero attached hydrogens (tertiary/aromatic N) is 3. The molecule has 4 rings (SSSR count). The molecule has 2 atom stereocenters. The number of nitrogens with one attached hydrogen (secondary N) is 2. The van der Waals surface area contributed by atoms with E-state index in [2.05, 4.69) is 33.8 Å². The van der Waals surface area contributed by atoms with E-state index in [1.54, 1.807) is 12.3 Å². The Hall–Kier alpha value is -4.28. The van der Waals surface area contributed by atoms with Crippen LogP contribution in [0.3, 0.4) is 0 Å². The Morgan fingerprint density at radius 2 is 1.77 bits per heavy atom. The second-order valence-corrected chi connectivity index (χ2v) is 8.51. The predicted molar refractivity (Wildman–Crippen MR) is 135 cm³/mol. The van der Waals surface area contributed by atoms with E-state index in [1.165, 1.54) is 0 Å². The first kappa shape index (κ1) is 23.9. The summed E-state index contributed by atoms with van der Waals surface area (Å²) in [4.78, 5) is 17.7. The molecule has 35 heavy (non-hydrogen) atoms. The van der Waals surface area contributed by atoms with Gasteiger partial charge in [-0.2, -0.15) is 5.26 Å². The van der Waals surface area contributed by atoms with Crippen LogP contribution in [0.15, 0.2) is 77.4 Å². The Labute approximate surface area is 204 Å². The molecule has 2 N–H and O–H groups in total. The fourth-order valence-electron chi connectivity index (χ4n) is 4.02. The molecule has 0 aliphatic rings. The van der Waals surface area contributed by atoms with Crippen LogP contribution in [0, 0.1) is 25.2 Å². The van der Waals surface area contributed by atoms with Crippen molar-refractivity contribution in [3.8, 4) is 17.2 Å². The lowest BCUT2D eigenvalue weighted by atomic mass is 9.98. The van der Waals surface area contributed by atoms with E-state index in [4.69, 9.17) is 9.78 Å². The number of benzene rings is 2. The van der Waals surface area contributed by atoms with E-state index in [0.29, 0.717) is 17.9 Å². The molecule has 0 aliphatic carbocycles. The highest BCUT2D eigenvalue weighted by molar-refractivity contribution is 5.95. The molecule has 7 nitrogen and oxygen atoms in total. The molecule has 0 fully saturated rings. The molecular formula is C28H27N5O2. The molecule has 0 saturated heterocycles. The largest absolute Gasteiger partial charge is 0.361 e.